The average Bonchev–Trinajstić information content (AvgIpc) is 2.70. The summed E-state index contributed by atoms with van der Waals surface area (Å²) in [5, 5.41) is 14.8. The van der Waals surface area contributed by atoms with Crippen LogP contribution in [0.25, 0.3) is 0 Å². The minimum Gasteiger partial charge on any atom is -0.508 e. The molecule has 0 aliphatic rings. The maximum atomic E-state index is 12.7. The number of phenolic OH excluding ortho intramolecular Hbond substituents is 1. The van der Waals surface area contributed by atoms with E-state index in [1.165, 1.54) is 12.1 Å². The van der Waals surface area contributed by atoms with Gasteiger partial charge in [0.2, 0.25) is 11.8 Å². The molecule has 0 fully saturated rings. The molecule has 7 heteroatoms. The Labute approximate surface area is 175 Å². The van der Waals surface area contributed by atoms with E-state index in [1.54, 1.807) is 50.2 Å². The Balaban J connectivity index is 2.13. The van der Waals surface area contributed by atoms with Gasteiger partial charge in [-0.3, -0.25) is 9.59 Å². The first-order valence-corrected chi connectivity index (χ1v) is 9.57. The predicted octanol–water partition coefficient (Wildman–Crippen LogP) is 2.74. The first-order chi connectivity index (χ1) is 14.3. The van der Waals surface area contributed by atoms with Gasteiger partial charge in [-0.25, -0.2) is 4.79 Å². The van der Waals surface area contributed by atoms with Crippen molar-refractivity contribution in [3.63, 3.8) is 0 Å². The number of nitrogens with one attached hydrogen (secondary N) is 2. The van der Waals surface area contributed by atoms with E-state index in [4.69, 9.17) is 4.74 Å². The lowest BCUT2D eigenvalue weighted by Gasteiger charge is -2.20. The van der Waals surface area contributed by atoms with E-state index < -0.39 is 12.0 Å². The van der Waals surface area contributed by atoms with Gasteiger partial charge in [0.25, 0.3) is 0 Å². The number of ether oxygens (including phenoxy) is 1. The minimum atomic E-state index is -0.889. The maximum absolute atomic E-state index is 12.7. The van der Waals surface area contributed by atoms with E-state index in [-0.39, 0.29) is 36.5 Å². The standard InChI is InChI=1S/C23H26N2O5/c1-4-21(27)24-19-8-6-5-7-17(19)14-22(28)25-20(23(29)30-15(2)3)13-16-9-11-18(26)12-10-16/h4-12,15,20,26H,1,13-14H2,2-3H3,(H,24,27)(H,25,28)/t20-/m0/s1. The molecule has 3 N–H and O–H groups in total. The third-order valence-corrected chi connectivity index (χ3v) is 4.16. The van der Waals surface area contributed by atoms with Crippen LogP contribution in [0.5, 0.6) is 5.75 Å². The quantitative estimate of drug-likeness (QED) is 0.436. The number of benzene rings is 2. The number of carbonyl (C=O) groups excluding carboxylic acids is 3. The molecule has 158 valence electrons. The van der Waals surface area contributed by atoms with Gasteiger partial charge in [-0.1, -0.05) is 36.9 Å². The maximum Gasteiger partial charge on any atom is 0.329 e. The normalized spacial score (nSPS) is 11.4. The average molecular weight is 410 g/mol. The molecule has 0 aliphatic carbocycles. The van der Waals surface area contributed by atoms with E-state index in [0.717, 1.165) is 11.6 Å². The predicted molar refractivity (Wildman–Crippen MR) is 114 cm³/mol. The molecule has 0 spiro atoms. The number of anilines is 1. The zero-order valence-corrected chi connectivity index (χ0v) is 17.1. The number of rotatable bonds is 9. The lowest BCUT2D eigenvalue weighted by molar-refractivity contribution is -0.151. The molecule has 0 heterocycles. The molecule has 0 aliphatic heterocycles. The van der Waals surface area contributed by atoms with Crippen LogP contribution in [0.2, 0.25) is 0 Å². The SMILES string of the molecule is C=CC(=O)Nc1ccccc1CC(=O)N[C@@H](Cc1ccc(O)cc1)C(=O)OC(C)C. The van der Waals surface area contributed by atoms with Gasteiger partial charge in [0.15, 0.2) is 0 Å². The molecule has 2 aromatic carbocycles. The lowest BCUT2D eigenvalue weighted by Crippen LogP contribution is -2.44. The Bertz CT molecular complexity index is 906. The van der Waals surface area contributed by atoms with E-state index in [1.807, 2.05) is 0 Å². The van der Waals surface area contributed by atoms with Crippen molar-refractivity contribution in [2.75, 3.05) is 5.32 Å². The van der Waals surface area contributed by atoms with Crippen LogP contribution < -0.4 is 10.6 Å². The van der Waals surface area contributed by atoms with Crippen molar-refractivity contribution >= 4 is 23.5 Å². The van der Waals surface area contributed by atoms with Gasteiger partial charge in [-0.05, 0) is 49.2 Å². The zero-order valence-electron chi connectivity index (χ0n) is 17.1. The van der Waals surface area contributed by atoms with Crippen LogP contribution in [0.4, 0.5) is 5.69 Å². The molecule has 2 rings (SSSR count). The second-order valence-corrected chi connectivity index (χ2v) is 7.00. The highest BCUT2D eigenvalue weighted by molar-refractivity contribution is 6.00. The van der Waals surface area contributed by atoms with Gasteiger partial charge in [-0.2, -0.15) is 0 Å². The molecule has 0 saturated heterocycles. The van der Waals surface area contributed by atoms with E-state index in [9.17, 15) is 19.5 Å². The van der Waals surface area contributed by atoms with Crippen LogP contribution >= 0.6 is 0 Å². The molecule has 30 heavy (non-hydrogen) atoms. The van der Waals surface area contributed by atoms with Crippen molar-refractivity contribution in [3.8, 4) is 5.75 Å². The molecule has 0 saturated carbocycles. The summed E-state index contributed by atoms with van der Waals surface area (Å²) in [6, 6.07) is 12.4. The molecular weight excluding hydrogens is 384 g/mol. The second-order valence-electron chi connectivity index (χ2n) is 7.00. The molecule has 0 aromatic heterocycles. The summed E-state index contributed by atoms with van der Waals surface area (Å²) in [5.41, 5.74) is 1.86. The van der Waals surface area contributed by atoms with Crippen molar-refractivity contribution in [2.24, 2.45) is 0 Å². The van der Waals surface area contributed by atoms with Gasteiger partial charge >= 0.3 is 5.97 Å². The topological polar surface area (TPSA) is 105 Å². The third-order valence-electron chi connectivity index (χ3n) is 4.16. The molecule has 0 bridgehead atoms. The van der Waals surface area contributed by atoms with Gasteiger partial charge in [0, 0.05) is 12.1 Å². The number of phenols is 1. The second kappa shape index (κ2) is 10.8. The molecular formula is C23H26N2O5. The summed E-state index contributed by atoms with van der Waals surface area (Å²) in [6.07, 6.45) is 1.000. The van der Waals surface area contributed by atoms with Crippen LogP contribution in [-0.4, -0.2) is 35.0 Å². The molecule has 2 amide bonds. The summed E-state index contributed by atoms with van der Waals surface area (Å²) >= 11 is 0. The number of para-hydroxylation sites is 1. The van der Waals surface area contributed by atoms with Crippen molar-refractivity contribution in [3.05, 3.63) is 72.3 Å². The molecule has 2 aromatic rings. The summed E-state index contributed by atoms with van der Waals surface area (Å²) < 4.78 is 5.28. The Morgan fingerprint density at radius 3 is 2.40 bits per heavy atom. The van der Waals surface area contributed by atoms with Gasteiger partial charge in [0.05, 0.1) is 12.5 Å². The highest BCUT2D eigenvalue weighted by atomic mass is 16.5. The summed E-state index contributed by atoms with van der Waals surface area (Å²) in [7, 11) is 0. The third kappa shape index (κ3) is 7.09. The number of esters is 1. The van der Waals surface area contributed by atoms with Crippen molar-refractivity contribution in [1.29, 1.82) is 0 Å². The zero-order chi connectivity index (χ0) is 22.1. The lowest BCUT2D eigenvalue weighted by atomic mass is 10.0. The Morgan fingerprint density at radius 2 is 1.77 bits per heavy atom. The number of hydrogen-bond acceptors (Lipinski definition) is 5. The van der Waals surface area contributed by atoms with Crippen LogP contribution in [0.15, 0.2) is 61.2 Å². The minimum absolute atomic E-state index is 0.0331. The molecule has 7 nitrogen and oxygen atoms in total. The Morgan fingerprint density at radius 1 is 1.10 bits per heavy atom. The van der Waals surface area contributed by atoms with Gasteiger partial charge in [-0.15, -0.1) is 0 Å². The first kappa shape index (κ1) is 22.7. The summed E-state index contributed by atoms with van der Waals surface area (Å²) in [6.45, 7) is 6.88. The number of aromatic hydroxyl groups is 1. The smallest absolute Gasteiger partial charge is 0.329 e. The fourth-order valence-corrected chi connectivity index (χ4v) is 2.77. The van der Waals surface area contributed by atoms with Crippen LogP contribution in [0.3, 0.4) is 0 Å². The fourth-order valence-electron chi connectivity index (χ4n) is 2.77. The van der Waals surface area contributed by atoms with E-state index >= 15 is 0 Å². The summed E-state index contributed by atoms with van der Waals surface area (Å²) in [4.78, 5) is 36.8. The molecule has 0 unspecified atom stereocenters. The number of amides is 2. The first-order valence-electron chi connectivity index (χ1n) is 9.57. The van der Waals surface area contributed by atoms with E-state index in [2.05, 4.69) is 17.2 Å². The highest BCUT2D eigenvalue weighted by Gasteiger charge is 2.24. The summed E-state index contributed by atoms with van der Waals surface area (Å²) in [5.74, 6) is -1.20. The monoisotopic (exact) mass is 410 g/mol. The van der Waals surface area contributed by atoms with Crippen molar-refractivity contribution < 1.29 is 24.2 Å². The van der Waals surface area contributed by atoms with Gasteiger partial charge in [0.1, 0.15) is 11.8 Å². The highest BCUT2D eigenvalue weighted by Crippen LogP contribution is 2.17. The van der Waals surface area contributed by atoms with Gasteiger partial charge < -0.3 is 20.5 Å². The van der Waals surface area contributed by atoms with E-state index in [0.29, 0.717) is 11.3 Å². The Kier molecular flexibility index (Phi) is 8.17. The largest absolute Gasteiger partial charge is 0.508 e. The van der Waals surface area contributed by atoms with Crippen LogP contribution in [0.1, 0.15) is 25.0 Å². The molecule has 0 radical (unpaired) electrons. The fraction of sp³-hybridized carbons (Fsp3) is 0.261. The molecule has 1 atom stereocenters. The van der Waals surface area contributed by atoms with Crippen LogP contribution in [-0.2, 0) is 32.0 Å². The number of hydrogen-bond donors (Lipinski definition) is 3. The van der Waals surface area contributed by atoms with Crippen molar-refractivity contribution in [2.45, 2.75) is 38.8 Å². The van der Waals surface area contributed by atoms with Crippen LogP contribution in [0, 0.1) is 0 Å². The number of carbonyl (C=O) groups is 3. The van der Waals surface area contributed by atoms with Crippen molar-refractivity contribution in [1.82, 2.24) is 5.32 Å². The Hall–Kier alpha value is -3.61.